The Morgan fingerprint density at radius 3 is 1.85 bits per heavy atom. The van der Waals surface area contributed by atoms with Crippen LogP contribution in [0.1, 0.15) is 113 Å². The van der Waals surface area contributed by atoms with Crippen LogP contribution in [0.15, 0.2) is 58.5 Å². The summed E-state index contributed by atoms with van der Waals surface area (Å²) in [4.78, 5) is 33.4. The second-order valence-corrected chi connectivity index (χ2v) is 22.1. The van der Waals surface area contributed by atoms with Crippen molar-refractivity contribution in [3.63, 3.8) is 0 Å². The zero-order valence-electron chi connectivity index (χ0n) is 36.8. The summed E-state index contributed by atoms with van der Waals surface area (Å²) < 4.78 is 107. The van der Waals surface area contributed by atoms with Crippen LogP contribution in [-0.2, 0) is 56.3 Å². The lowest BCUT2D eigenvalue weighted by atomic mass is 10.1. The molecule has 0 amide bonds. The zero-order valence-corrected chi connectivity index (χ0v) is 38.6. The Bertz CT molecular complexity index is 2640. The van der Waals surface area contributed by atoms with Crippen LogP contribution in [0, 0.1) is 0 Å². The fourth-order valence-corrected chi connectivity index (χ4v) is 10.1. The number of phosphoric acid groups is 2. The van der Waals surface area contributed by atoms with Crippen LogP contribution in [0.5, 0.6) is 0 Å². The first-order chi connectivity index (χ1) is 28.3. The summed E-state index contributed by atoms with van der Waals surface area (Å²) in [7, 11) is -8.87. The van der Waals surface area contributed by atoms with Crippen LogP contribution < -0.4 is 11.2 Å². The molecule has 22 heteroatoms. The molecular formula is C40H54F3N7O10P2. The van der Waals surface area contributed by atoms with Gasteiger partial charge in [0.1, 0.15) is 20.0 Å². The Labute approximate surface area is 356 Å². The van der Waals surface area contributed by atoms with Crippen molar-refractivity contribution in [2.24, 2.45) is 0 Å². The molecule has 340 valence electrons. The van der Waals surface area contributed by atoms with E-state index in [9.17, 15) is 31.9 Å². The quantitative estimate of drug-likeness (QED) is 0.0962. The average molecular weight is 912 g/mol. The van der Waals surface area contributed by atoms with Gasteiger partial charge in [0.05, 0.1) is 57.3 Å². The number of rotatable bonds is 14. The van der Waals surface area contributed by atoms with Gasteiger partial charge < -0.3 is 0 Å². The summed E-state index contributed by atoms with van der Waals surface area (Å²) >= 11 is 0. The minimum atomic E-state index is -4.47. The number of fused-ring (bicyclic) bond motifs is 2. The highest BCUT2D eigenvalue weighted by molar-refractivity contribution is 7.48. The summed E-state index contributed by atoms with van der Waals surface area (Å²) in [6.45, 7) is 16.8. The summed E-state index contributed by atoms with van der Waals surface area (Å²) in [5, 5.41) is 8.96. The Balaban J connectivity index is 1.44. The van der Waals surface area contributed by atoms with Crippen molar-refractivity contribution in [1.29, 1.82) is 0 Å². The summed E-state index contributed by atoms with van der Waals surface area (Å²) in [5.41, 5.74) is -3.95. The summed E-state index contributed by atoms with van der Waals surface area (Å²) in [5.74, 6) is -0.344. The lowest BCUT2D eigenvalue weighted by molar-refractivity contribution is -0.141. The Hall–Kier alpha value is -4.00. The number of benzene rings is 1. The van der Waals surface area contributed by atoms with E-state index in [1.165, 1.54) is 18.6 Å². The van der Waals surface area contributed by atoms with Crippen molar-refractivity contribution < 1.29 is 49.4 Å². The van der Waals surface area contributed by atoms with E-state index in [0.717, 1.165) is 14.8 Å². The van der Waals surface area contributed by atoms with Crippen molar-refractivity contribution in [2.75, 3.05) is 0 Å². The van der Waals surface area contributed by atoms with Gasteiger partial charge in [-0.2, -0.15) is 23.4 Å². The molecule has 1 saturated carbocycles. The summed E-state index contributed by atoms with van der Waals surface area (Å²) in [6.07, 6.45) is 0.239. The highest BCUT2D eigenvalue weighted by Gasteiger charge is 2.43. The Morgan fingerprint density at radius 2 is 1.31 bits per heavy atom. The molecule has 62 heavy (non-hydrogen) atoms. The number of halogens is 3. The van der Waals surface area contributed by atoms with E-state index in [4.69, 9.17) is 32.1 Å². The number of nitrogens with zero attached hydrogens (tertiary/aromatic N) is 7. The zero-order chi connectivity index (χ0) is 46.0. The highest BCUT2D eigenvalue weighted by atomic mass is 31.2. The molecule has 6 rings (SSSR count). The molecule has 0 saturated heterocycles. The smallest absolute Gasteiger partial charge is 0.281 e. The first-order valence-corrected chi connectivity index (χ1v) is 22.8. The largest absolute Gasteiger partial charge is 0.477 e. The van der Waals surface area contributed by atoms with Crippen molar-refractivity contribution in [1.82, 2.24) is 33.5 Å². The van der Waals surface area contributed by atoms with Crippen molar-refractivity contribution in [3.05, 3.63) is 81.0 Å². The van der Waals surface area contributed by atoms with E-state index in [1.807, 2.05) is 6.07 Å². The fourth-order valence-electron chi connectivity index (χ4n) is 6.62. The monoisotopic (exact) mass is 911 g/mol. The van der Waals surface area contributed by atoms with Crippen molar-refractivity contribution in [3.8, 4) is 11.3 Å². The number of aromatic nitrogens is 7. The molecule has 1 aliphatic rings. The first-order valence-electron chi connectivity index (χ1n) is 19.8. The van der Waals surface area contributed by atoms with Crippen LogP contribution >= 0.6 is 15.6 Å². The Kier molecular flexibility index (Phi) is 12.7. The van der Waals surface area contributed by atoms with Gasteiger partial charge in [-0.25, -0.2) is 28.0 Å². The number of hydrogen-bond acceptors (Lipinski definition) is 13. The molecule has 1 fully saturated rings. The van der Waals surface area contributed by atoms with Gasteiger partial charge in [0.15, 0.2) is 5.65 Å². The van der Waals surface area contributed by atoms with Gasteiger partial charge in [-0.3, -0.25) is 41.2 Å². The molecule has 1 aliphatic carbocycles. The minimum Gasteiger partial charge on any atom is -0.281 e. The molecule has 2 atom stereocenters. The molecule has 0 N–H and O–H groups in total. The normalized spacial score (nSPS) is 17.1. The van der Waals surface area contributed by atoms with Crippen molar-refractivity contribution in [2.45, 2.75) is 150 Å². The van der Waals surface area contributed by atoms with E-state index >= 15 is 0 Å². The van der Waals surface area contributed by atoms with E-state index in [2.05, 4.69) is 10.2 Å². The molecule has 0 bridgehead atoms. The van der Waals surface area contributed by atoms with Crippen LogP contribution in [-0.4, -0.2) is 62.1 Å². The lowest BCUT2D eigenvalue weighted by Crippen LogP contribution is -2.41. The highest BCUT2D eigenvalue weighted by Crippen LogP contribution is 2.57. The lowest BCUT2D eigenvalue weighted by Gasteiger charge is -2.31. The van der Waals surface area contributed by atoms with Gasteiger partial charge in [-0.1, -0.05) is 12.1 Å². The third kappa shape index (κ3) is 12.0. The van der Waals surface area contributed by atoms with E-state index < -0.39 is 75.5 Å². The van der Waals surface area contributed by atoms with Crippen LogP contribution in [0.25, 0.3) is 27.8 Å². The maximum atomic E-state index is 14.5. The van der Waals surface area contributed by atoms with Crippen molar-refractivity contribution >= 4 is 32.2 Å². The number of phosphoric ester groups is 2. The van der Waals surface area contributed by atoms with Gasteiger partial charge in [0.2, 0.25) is 0 Å². The van der Waals surface area contributed by atoms with Gasteiger partial charge >= 0.3 is 27.5 Å². The van der Waals surface area contributed by atoms with Crippen LogP contribution in [0.4, 0.5) is 13.2 Å². The standard InChI is InChI=1S/C40H54F3N7O10P2/c1-36(2,3)57-61(53,58-37(4,5)6)55-23-47-21-29(34(51)48(35(47)52)24-56-62(54,59-38(7,8)9)60-39(10,11)12)30-19-32(50-33(46-30)15-16-44-50)28-18-27(28)25-13-14-26-20-45-49(31(26)17-25)22-40(41,42)43/h13-17,19-21,27-28H,18,22-24H2,1-12H3/t27-,28+/m1/s1. The van der Waals surface area contributed by atoms with Gasteiger partial charge in [-0.05, 0) is 113 Å². The van der Waals surface area contributed by atoms with Crippen LogP contribution in [0.2, 0.25) is 0 Å². The van der Waals surface area contributed by atoms with E-state index in [0.29, 0.717) is 33.2 Å². The maximum Gasteiger partial charge on any atom is 0.477 e. The summed E-state index contributed by atoms with van der Waals surface area (Å²) in [6, 6.07) is 8.54. The van der Waals surface area contributed by atoms with E-state index in [-0.39, 0.29) is 23.1 Å². The molecule has 0 aliphatic heterocycles. The molecule has 5 aromatic rings. The molecule has 0 radical (unpaired) electrons. The average Bonchev–Trinajstić information content (AvgIpc) is 3.55. The topological polar surface area (TPSA) is 182 Å². The predicted octanol–water partition coefficient (Wildman–Crippen LogP) is 9.33. The number of hydrogen-bond donors (Lipinski definition) is 0. The fraction of sp³-hybridized carbons (Fsp3) is 0.575. The minimum absolute atomic E-state index is 0.102. The maximum absolute atomic E-state index is 14.5. The molecule has 4 heterocycles. The number of alkyl halides is 3. The second-order valence-electron chi connectivity index (χ2n) is 19.1. The third-order valence-electron chi connectivity index (χ3n) is 8.74. The molecule has 0 unspecified atom stereocenters. The van der Waals surface area contributed by atoms with Gasteiger partial charge in [0.25, 0.3) is 5.56 Å². The molecule has 1 aromatic carbocycles. The SMILES string of the molecule is CC(C)(C)OP(=O)(OCn1cc(-c2cc([C@H]3C[C@@H]3c3ccc4cnn(CC(F)(F)F)c4c3)n3nccc3n2)c(=O)n(COP(=O)(OC(C)(C)C)OC(C)(C)C)c1=O)OC(C)(C)C. The second kappa shape index (κ2) is 16.5. The Morgan fingerprint density at radius 1 is 0.742 bits per heavy atom. The predicted molar refractivity (Wildman–Crippen MR) is 224 cm³/mol. The molecular weight excluding hydrogens is 857 g/mol. The van der Waals surface area contributed by atoms with E-state index in [1.54, 1.807) is 112 Å². The molecule has 4 aromatic heterocycles. The van der Waals surface area contributed by atoms with Gasteiger partial charge in [0, 0.05) is 23.6 Å². The van der Waals surface area contributed by atoms with Gasteiger partial charge in [-0.15, -0.1) is 0 Å². The molecule has 0 spiro atoms. The first kappa shape index (κ1) is 47.5. The van der Waals surface area contributed by atoms with Crippen LogP contribution in [0.3, 0.4) is 0 Å². The third-order valence-corrected chi connectivity index (χ3v) is 12.7. The molecule has 17 nitrogen and oxygen atoms in total.